The molecule has 0 aliphatic heterocycles. The van der Waals surface area contributed by atoms with Gasteiger partial charge in [-0.05, 0) is 12.8 Å². The lowest BCUT2D eigenvalue weighted by atomic mass is 10.2. The number of aliphatic carboxylic acids is 1. The summed E-state index contributed by atoms with van der Waals surface area (Å²) in [6.45, 7) is 0.437. The van der Waals surface area contributed by atoms with E-state index in [1.807, 2.05) is 0 Å². The SMILES string of the molecule is O=C(CNC1CC1)NCC[C@H](O)C(=O)O. The van der Waals surface area contributed by atoms with Gasteiger partial charge in [0.05, 0.1) is 6.54 Å². The highest BCUT2D eigenvalue weighted by Crippen LogP contribution is 2.17. The summed E-state index contributed by atoms with van der Waals surface area (Å²) in [7, 11) is 0. The summed E-state index contributed by atoms with van der Waals surface area (Å²) in [6, 6.07) is 0.473. The highest BCUT2D eigenvalue weighted by molar-refractivity contribution is 5.78. The molecule has 1 fully saturated rings. The Morgan fingerprint density at radius 3 is 2.60 bits per heavy atom. The number of rotatable bonds is 7. The van der Waals surface area contributed by atoms with Crippen molar-refractivity contribution in [2.24, 2.45) is 0 Å². The van der Waals surface area contributed by atoms with Crippen LogP contribution in [0.15, 0.2) is 0 Å². The van der Waals surface area contributed by atoms with Crippen molar-refractivity contribution < 1.29 is 19.8 Å². The van der Waals surface area contributed by atoms with Crippen molar-refractivity contribution in [3.63, 3.8) is 0 Å². The maximum absolute atomic E-state index is 11.1. The van der Waals surface area contributed by atoms with Gasteiger partial charge in [0.2, 0.25) is 5.91 Å². The quantitative estimate of drug-likeness (QED) is 0.423. The average molecular weight is 216 g/mol. The molecule has 0 radical (unpaired) electrons. The molecule has 0 aromatic carbocycles. The molecule has 1 aliphatic rings. The van der Waals surface area contributed by atoms with Gasteiger partial charge in [0.25, 0.3) is 0 Å². The third-order valence-electron chi connectivity index (χ3n) is 2.15. The van der Waals surface area contributed by atoms with Crippen molar-refractivity contribution in [1.82, 2.24) is 10.6 Å². The van der Waals surface area contributed by atoms with Gasteiger partial charge < -0.3 is 20.8 Å². The van der Waals surface area contributed by atoms with Gasteiger partial charge in [-0.25, -0.2) is 4.79 Å². The van der Waals surface area contributed by atoms with Gasteiger partial charge in [-0.2, -0.15) is 0 Å². The molecule has 15 heavy (non-hydrogen) atoms. The fourth-order valence-electron chi connectivity index (χ4n) is 1.06. The predicted octanol–water partition coefficient (Wildman–Crippen LogP) is -1.31. The zero-order chi connectivity index (χ0) is 11.3. The van der Waals surface area contributed by atoms with Crippen LogP contribution in [-0.2, 0) is 9.59 Å². The first-order valence-electron chi connectivity index (χ1n) is 5.00. The summed E-state index contributed by atoms with van der Waals surface area (Å²) in [6.07, 6.45) is 0.863. The van der Waals surface area contributed by atoms with Crippen molar-refractivity contribution >= 4 is 11.9 Å². The van der Waals surface area contributed by atoms with E-state index in [1.165, 1.54) is 0 Å². The minimum absolute atomic E-state index is 0.0322. The monoisotopic (exact) mass is 216 g/mol. The molecule has 0 bridgehead atoms. The van der Waals surface area contributed by atoms with E-state index in [2.05, 4.69) is 10.6 Å². The van der Waals surface area contributed by atoms with E-state index in [9.17, 15) is 9.59 Å². The Labute approximate surface area is 87.7 Å². The minimum Gasteiger partial charge on any atom is -0.479 e. The Hall–Kier alpha value is -1.14. The van der Waals surface area contributed by atoms with Gasteiger partial charge in [-0.15, -0.1) is 0 Å². The van der Waals surface area contributed by atoms with Crippen LogP contribution in [0.2, 0.25) is 0 Å². The van der Waals surface area contributed by atoms with Crippen LogP contribution in [0, 0.1) is 0 Å². The molecule has 6 heteroatoms. The zero-order valence-electron chi connectivity index (χ0n) is 8.40. The Kier molecular flexibility index (Phi) is 4.51. The lowest BCUT2D eigenvalue weighted by Crippen LogP contribution is -2.36. The number of carboxylic acid groups (broad SMARTS) is 1. The van der Waals surface area contributed by atoms with Crippen LogP contribution < -0.4 is 10.6 Å². The molecule has 0 heterocycles. The Bertz CT molecular complexity index is 240. The molecule has 1 rings (SSSR count). The first kappa shape index (κ1) is 11.9. The van der Waals surface area contributed by atoms with E-state index in [1.54, 1.807) is 0 Å². The number of nitrogens with one attached hydrogen (secondary N) is 2. The first-order valence-corrected chi connectivity index (χ1v) is 5.00. The Morgan fingerprint density at radius 2 is 2.07 bits per heavy atom. The van der Waals surface area contributed by atoms with E-state index < -0.39 is 12.1 Å². The number of carboxylic acids is 1. The smallest absolute Gasteiger partial charge is 0.332 e. The summed E-state index contributed by atoms with van der Waals surface area (Å²) in [4.78, 5) is 21.3. The zero-order valence-corrected chi connectivity index (χ0v) is 8.40. The third kappa shape index (κ3) is 5.34. The maximum atomic E-state index is 11.1. The van der Waals surface area contributed by atoms with E-state index in [-0.39, 0.29) is 25.4 Å². The molecule has 4 N–H and O–H groups in total. The largest absolute Gasteiger partial charge is 0.479 e. The van der Waals surface area contributed by atoms with Crippen LogP contribution in [0.1, 0.15) is 19.3 Å². The molecule has 1 aliphatic carbocycles. The van der Waals surface area contributed by atoms with Crippen LogP contribution in [0.4, 0.5) is 0 Å². The van der Waals surface area contributed by atoms with Crippen LogP contribution in [-0.4, -0.2) is 47.3 Å². The van der Waals surface area contributed by atoms with Crippen LogP contribution in [0.25, 0.3) is 0 Å². The van der Waals surface area contributed by atoms with Crippen molar-refractivity contribution in [2.75, 3.05) is 13.1 Å². The molecule has 6 nitrogen and oxygen atoms in total. The van der Waals surface area contributed by atoms with E-state index in [0.717, 1.165) is 12.8 Å². The molecule has 0 saturated heterocycles. The lowest BCUT2D eigenvalue weighted by molar-refractivity contribution is -0.147. The van der Waals surface area contributed by atoms with Gasteiger partial charge >= 0.3 is 5.97 Å². The second-order valence-corrected chi connectivity index (χ2v) is 3.65. The number of carbonyl (C=O) groups excluding carboxylic acids is 1. The molecular weight excluding hydrogens is 200 g/mol. The first-order chi connectivity index (χ1) is 7.09. The molecule has 1 saturated carbocycles. The van der Waals surface area contributed by atoms with Gasteiger partial charge in [0, 0.05) is 19.0 Å². The fourth-order valence-corrected chi connectivity index (χ4v) is 1.06. The number of hydrogen-bond acceptors (Lipinski definition) is 4. The molecule has 86 valence electrons. The highest BCUT2D eigenvalue weighted by Gasteiger charge is 2.21. The molecule has 0 aromatic heterocycles. The minimum atomic E-state index is -1.40. The summed E-state index contributed by atoms with van der Waals surface area (Å²) in [5, 5.41) is 22.8. The van der Waals surface area contributed by atoms with Crippen LogP contribution >= 0.6 is 0 Å². The molecule has 0 aromatic rings. The number of amides is 1. The van der Waals surface area contributed by atoms with Crippen molar-refractivity contribution in [3.05, 3.63) is 0 Å². The summed E-state index contributed by atoms with van der Waals surface area (Å²) in [5.41, 5.74) is 0. The second kappa shape index (κ2) is 5.67. The predicted molar refractivity (Wildman–Crippen MR) is 52.3 cm³/mol. The average Bonchev–Trinajstić information content (AvgIpc) is 2.97. The second-order valence-electron chi connectivity index (χ2n) is 3.65. The molecular formula is C9H16N2O4. The molecule has 1 amide bonds. The number of hydrogen-bond donors (Lipinski definition) is 4. The van der Waals surface area contributed by atoms with Crippen LogP contribution in [0.3, 0.4) is 0 Å². The Balaban J connectivity index is 1.98. The molecule has 0 spiro atoms. The summed E-state index contributed by atoms with van der Waals surface area (Å²) < 4.78 is 0. The highest BCUT2D eigenvalue weighted by atomic mass is 16.4. The van der Waals surface area contributed by atoms with Gasteiger partial charge in [0.1, 0.15) is 0 Å². The Morgan fingerprint density at radius 1 is 1.40 bits per heavy atom. The molecule has 0 unspecified atom stereocenters. The number of aliphatic hydroxyl groups is 1. The maximum Gasteiger partial charge on any atom is 0.332 e. The van der Waals surface area contributed by atoms with Gasteiger partial charge in [-0.1, -0.05) is 0 Å². The number of carbonyl (C=O) groups is 2. The molecule has 1 atom stereocenters. The van der Waals surface area contributed by atoms with Crippen molar-refractivity contribution in [3.8, 4) is 0 Å². The van der Waals surface area contributed by atoms with Gasteiger partial charge in [0.15, 0.2) is 6.10 Å². The van der Waals surface area contributed by atoms with E-state index in [4.69, 9.17) is 10.2 Å². The van der Waals surface area contributed by atoms with Crippen LogP contribution in [0.5, 0.6) is 0 Å². The van der Waals surface area contributed by atoms with E-state index >= 15 is 0 Å². The fraction of sp³-hybridized carbons (Fsp3) is 0.778. The number of aliphatic hydroxyl groups excluding tert-OH is 1. The van der Waals surface area contributed by atoms with Gasteiger partial charge in [-0.3, -0.25) is 4.79 Å². The summed E-state index contributed by atoms with van der Waals surface area (Å²) >= 11 is 0. The van der Waals surface area contributed by atoms with Crippen molar-refractivity contribution in [1.29, 1.82) is 0 Å². The van der Waals surface area contributed by atoms with E-state index in [0.29, 0.717) is 6.04 Å². The summed E-state index contributed by atoms with van der Waals surface area (Å²) in [5.74, 6) is -1.43. The third-order valence-corrected chi connectivity index (χ3v) is 2.15. The standard InChI is InChI=1S/C9H16N2O4/c12-7(9(14)15)3-4-10-8(13)5-11-6-1-2-6/h6-7,11-12H,1-5H2,(H,10,13)(H,14,15)/t7-/m0/s1. The normalized spacial score (nSPS) is 17.1. The lowest BCUT2D eigenvalue weighted by Gasteiger charge is -2.07. The van der Waals surface area contributed by atoms with Crippen molar-refractivity contribution in [2.45, 2.75) is 31.4 Å². The topological polar surface area (TPSA) is 98.7 Å².